The summed E-state index contributed by atoms with van der Waals surface area (Å²) in [6, 6.07) is 16.0. The van der Waals surface area contributed by atoms with Crippen LogP contribution < -0.4 is 0 Å². The maximum atomic E-state index is 13.2. The zero-order valence-corrected chi connectivity index (χ0v) is 12.1. The number of aliphatic hydroxyl groups excluding tert-OH is 1. The van der Waals surface area contributed by atoms with E-state index in [1.807, 2.05) is 35.7 Å². The molecule has 0 amide bonds. The fourth-order valence-corrected chi connectivity index (χ4v) is 2.98. The van der Waals surface area contributed by atoms with Crippen molar-refractivity contribution in [2.24, 2.45) is 0 Å². The van der Waals surface area contributed by atoms with Crippen LogP contribution in [0.3, 0.4) is 0 Å². The summed E-state index contributed by atoms with van der Waals surface area (Å²) in [5, 5.41) is 13.0. The van der Waals surface area contributed by atoms with Gasteiger partial charge in [0.15, 0.2) is 0 Å². The zero-order valence-electron chi connectivity index (χ0n) is 11.2. The number of thiazole rings is 1. The fraction of sp³-hybridized carbons (Fsp3) is 0.118. The molecule has 3 aromatic rings. The fourth-order valence-electron chi connectivity index (χ4n) is 2.14. The van der Waals surface area contributed by atoms with Gasteiger partial charge in [0.2, 0.25) is 0 Å². The van der Waals surface area contributed by atoms with Crippen LogP contribution in [0.2, 0.25) is 0 Å². The van der Waals surface area contributed by atoms with Crippen molar-refractivity contribution in [2.75, 3.05) is 0 Å². The summed E-state index contributed by atoms with van der Waals surface area (Å²) in [5.41, 5.74) is 2.54. The van der Waals surface area contributed by atoms with Gasteiger partial charge in [-0.05, 0) is 17.7 Å². The van der Waals surface area contributed by atoms with Crippen LogP contribution in [0, 0.1) is 5.82 Å². The van der Waals surface area contributed by atoms with Crippen molar-refractivity contribution in [1.82, 2.24) is 4.98 Å². The first-order chi connectivity index (χ1) is 10.2. The van der Waals surface area contributed by atoms with E-state index in [4.69, 9.17) is 0 Å². The predicted octanol–water partition coefficient (Wildman–Crippen LogP) is 4.23. The summed E-state index contributed by atoms with van der Waals surface area (Å²) in [6.07, 6.45) is -0.350. The highest BCUT2D eigenvalue weighted by atomic mass is 32.1. The van der Waals surface area contributed by atoms with Gasteiger partial charge in [-0.15, -0.1) is 11.3 Å². The Kier molecular flexibility index (Phi) is 4.08. The molecule has 0 aliphatic heterocycles. The third kappa shape index (κ3) is 3.35. The van der Waals surface area contributed by atoms with Gasteiger partial charge in [0.1, 0.15) is 5.82 Å². The predicted molar refractivity (Wildman–Crippen MR) is 82.6 cm³/mol. The highest BCUT2D eigenvalue weighted by Gasteiger charge is 2.12. The number of benzene rings is 2. The van der Waals surface area contributed by atoms with Gasteiger partial charge in [-0.3, -0.25) is 0 Å². The molecule has 4 heteroatoms. The topological polar surface area (TPSA) is 33.1 Å². The van der Waals surface area contributed by atoms with E-state index in [-0.39, 0.29) is 5.82 Å². The van der Waals surface area contributed by atoms with Crippen molar-refractivity contribution in [3.05, 3.63) is 76.4 Å². The van der Waals surface area contributed by atoms with Gasteiger partial charge in [0.05, 0.1) is 16.8 Å². The molecule has 1 aromatic heterocycles. The summed E-state index contributed by atoms with van der Waals surface area (Å²) in [6.45, 7) is 0. The van der Waals surface area contributed by atoms with E-state index in [0.717, 1.165) is 16.3 Å². The molecule has 0 spiro atoms. The molecule has 0 aliphatic rings. The summed E-state index contributed by atoms with van der Waals surface area (Å²) < 4.78 is 13.2. The van der Waals surface area contributed by atoms with E-state index in [9.17, 15) is 9.50 Å². The van der Waals surface area contributed by atoms with Crippen molar-refractivity contribution in [3.63, 3.8) is 0 Å². The van der Waals surface area contributed by atoms with E-state index in [1.165, 1.54) is 23.5 Å². The molecule has 0 aliphatic carbocycles. The minimum absolute atomic E-state index is 0.337. The Morgan fingerprint density at radius 1 is 1.10 bits per heavy atom. The number of rotatable bonds is 4. The Labute approximate surface area is 126 Å². The molecule has 3 rings (SSSR count). The Morgan fingerprint density at radius 2 is 1.90 bits per heavy atom. The Morgan fingerprint density at radius 3 is 2.67 bits per heavy atom. The SMILES string of the molecule is OC(Cc1nc(-c2ccccc2)cs1)c1cccc(F)c1. The lowest BCUT2D eigenvalue weighted by Crippen LogP contribution is -2.01. The number of aliphatic hydroxyl groups is 1. The maximum absolute atomic E-state index is 13.2. The van der Waals surface area contributed by atoms with E-state index >= 15 is 0 Å². The molecule has 1 unspecified atom stereocenters. The monoisotopic (exact) mass is 299 g/mol. The average molecular weight is 299 g/mol. The van der Waals surface area contributed by atoms with Crippen molar-refractivity contribution in [1.29, 1.82) is 0 Å². The Hall–Kier alpha value is -2.04. The Balaban J connectivity index is 1.75. The molecule has 0 saturated heterocycles. The molecule has 106 valence electrons. The van der Waals surface area contributed by atoms with Gasteiger partial charge >= 0.3 is 0 Å². The Bertz CT molecular complexity index is 726. The van der Waals surface area contributed by atoms with E-state index in [2.05, 4.69) is 4.98 Å². The number of aromatic nitrogens is 1. The average Bonchev–Trinajstić information content (AvgIpc) is 2.97. The molecule has 1 atom stereocenters. The summed E-state index contributed by atoms with van der Waals surface area (Å²) >= 11 is 1.51. The first-order valence-electron chi connectivity index (χ1n) is 6.66. The molecule has 2 nitrogen and oxygen atoms in total. The minimum Gasteiger partial charge on any atom is -0.388 e. The molecule has 0 radical (unpaired) electrons. The normalized spacial score (nSPS) is 12.3. The number of halogens is 1. The maximum Gasteiger partial charge on any atom is 0.123 e. The van der Waals surface area contributed by atoms with Crippen LogP contribution in [-0.4, -0.2) is 10.1 Å². The lowest BCUT2D eigenvalue weighted by molar-refractivity contribution is 0.178. The number of hydrogen-bond acceptors (Lipinski definition) is 3. The van der Waals surface area contributed by atoms with Crippen LogP contribution in [0.4, 0.5) is 4.39 Å². The van der Waals surface area contributed by atoms with Gasteiger partial charge < -0.3 is 5.11 Å². The van der Waals surface area contributed by atoms with Crippen LogP contribution in [0.5, 0.6) is 0 Å². The van der Waals surface area contributed by atoms with Crippen molar-refractivity contribution >= 4 is 11.3 Å². The lowest BCUT2D eigenvalue weighted by Gasteiger charge is -2.08. The molecule has 0 saturated carbocycles. The molecule has 1 heterocycles. The van der Waals surface area contributed by atoms with Gasteiger partial charge in [0, 0.05) is 17.4 Å². The zero-order chi connectivity index (χ0) is 14.7. The third-order valence-corrected chi connectivity index (χ3v) is 4.09. The summed E-state index contributed by atoms with van der Waals surface area (Å²) in [5.74, 6) is -0.337. The van der Waals surface area contributed by atoms with Gasteiger partial charge in [0.25, 0.3) is 0 Å². The highest BCUT2D eigenvalue weighted by molar-refractivity contribution is 7.09. The highest BCUT2D eigenvalue weighted by Crippen LogP contribution is 2.25. The van der Waals surface area contributed by atoms with Crippen LogP contribution in [0.1, 0.15) is 16.7 Å². The second-order valence-corrected chi connectivity index (χ2v) is 5.71. The van der Waals surface area contributed by atoms with Gasteiger partial charge in [-0.2, -0.15) is 0 Å². The van der Waals surface area contributed by atoms with Crippen molar-refractivity contribution in [2.45, 2.75) is 12.5 Å². The molecular weight excluding hydrogens is 285 g/mol. The molecule has 1 N–H and O–H groups in total. The van der Waals surface area contributed by atoms with E-state index in [0.29, 0.717) is 12.0 Å². The molecule has 0 bridgehead atoms. The minimum atomic E-state index is -0.740. The quantitative estimate of drug-likeness (QED) is 0.782. The third-order valence-electron chi connectivity index (χ3n) is 3.22. The standard InChI is InChI=1S/C17H14FNOS/c18-14-8-4-7-13(9-14)16(20)10-17-19-15(11-21-17)12-5-2-1-3-6-12/h1-9,11,16,20H,10H2. The first-order valence-corrected chi connectivity index (χ1v) is 7.54. The first kappa shape index (κ1) is 13.9. The van der Waals surface area contributed by atoms with E-state index < -0.39 is 6.10 Å². The van der Waals surface area contributed by atoms with Crippen molar-refractivity contribution < 1.29 is 9.50 Å². The van der Waals surface area contributed by atoms with Gasteiger partial charge in [-0.25, -0.2) is 9.37 Å². The summed E-state index contributed by atoms with van der Waals surface area (Å²) in [7, 11) is 0. The smallest absolute Gasteiger partial charge is 0.123 e. The number of nitrogens with zero attached hydrogens (tertiary/aromatic N) is 1. The largest absolute Gasteiger partial charge is 0.388 e. The van der Waals surface area contributed by atoms with E-state index in [1.54, 1.807) is 12.1 Å². The lowest BCUT2D eigenvalue weighted by atomic mass is 10.1. The van der Waals surface area contributed by atoms with Crippen LogP contribution in [0.15, 0.2) is 60.0 Å². The summed E-state index contributed by atoms with van der Waals surface area (Å²) in [4.78, 5) is 4.53. The second kappa shape index (κ2) is 6.16. The van der Waals surface area contributed by atoms with Crippen LogP contribution in [-0.2, 0) is 6.42 Å². The van der Waals surface area contributed by atoms with Crippen LogP contribution in [0.25, 0.3) is 11.3 Å². The molecule has 2 aromatic carbocycles. The van der Waals surface area contributed by atoms with Crippen molar-refractivity contribution in [3.8, 4) is 11.3 Å². The number of hydrogen-bond donors (Lipinski definition) is 1. The van der Waals surface area contributed by atoms with Gasteiger partial charge in [-0.1, -0.05) is 42.5 Å². The molecular formula is C17H14FNOS. The molecule has 0 fully saturated rings. The molecule has 21 heavy (non-hydrogen) atoms. The van der Waals surface area contributed by atoms with Crippen LogP contribution >= 0.6 is 11.3 Å². The second-order valence-electron chi connectivity index (χ2n) is 4.77.